The molecule has 0 radical (unpaired) electrons. The molecule has 11 heteroatoms. The van der Waals surface area contributed by atoms with Crippen LogP contribution in [0, 0.1) is 5.82 Å². The summed E-state index contributed by atoms with van der Waals surface area (Å²) in [6.45, 7) is -3.20. The molecular formula is C24H19F3N2O5S. The topological polar surface area (TPSA) is 90.1 Å². The normalized spacial score (nSPS) is 18.1. The number of para-hydroxylation sites is 1. The van der Waals surface area contributed by atoms with Crippen LogP contribution in [0.4, 0.5) is 13.2 Å². The average Bonchev–Trinajstić information content (AvgIpc) is 3.18. The number of sulfone groups is 1. The smallest absolute Gasteiger partial charge is 0.387 e. The molecule has 0 amide bonds. The Kier molecular flexibility index (Phi) is 5.78. The van der Waals surface area contributed by atoms with Gasteiger partial charge in [0.1, 0.15) is 29.4 Å². The molecule has 0 saturated heterocycles. The van der Waals surface area contributed by atoms with Gasteiger partial charge in [0.25, 0.3) is 0 Å². The summed E-state index contributed by atoms with van der Waals surface area (Å²) in [6.07, 6.45) is 0.499. The number of rotatable bonds is 5. The van der Waals surface area contributed by atoms with Gasteiger partial charge in [-0.15, -0.1) is 0 Å². The summed E-state index contributed by atoms with van der Waals surface area (Å²) >= 11 is 0. The summed E-state index contributed by atoms with van der Waals surface area (Å²) in [5.74, 6) is -0.705. The lowest BCUT2D eigenvalue weighted by Gasteiger charge is -2.28. The maximum absolute atomic E-state index is 15.1. The van der Waals surface area contributed by atoms with Gasteiger partial charge in [-0.05, 0) is 23.8 Å². The summed E-state index contributed by atoms with van der Waals surface area (Å²) in [6, 6.07) is 13.0. The highest BCUT2D eigenvalue weighted by Gasteiger charge is 2.35. The molecule has 3 heterocycles. The Morgan fingerprint density at radius 2 is 1.89 bits per heavy atom. The van der Waals surface area contributed by atoms with Crippen molar-refractivity contribution in [2.75, 3.05) is 12.9 Å². The van der Waals surface area contributed by atoms with Crippen LogP contribution in [0.1, 0.15) is 29.2 Å². The van der Waals surface area contributed by atoms with E-state index in [1.807, 2.05) is 0 Å². The number of hydrogen-bond donors (Lipinski definition) is 1. The van der Waals surface area contributed by atoms with Crippen LogP contribution in [-0.4, -0.2) is 42.4 Å². The van der Waals surface area contributed by atoms with E-state index < -0.39 is 34.5 Å². The molecule has 1 aliphatic rings. The molecule has 1 N–H and O–H groups in total. The molecule has 4 aromatic rings. The van der Waals surface area contributed by atoms with Gasteiger partial charge in [-0.2, -0.15) is 8.78 Å². The Hall–Kier alpha value is -3.41. The Balaban J connectivity index is 1.68. The van der Waals surface area contributed by atoms with Gasteiger partial charge in [-0.1, -0.05) is 30.3 Å². The van der Waals surface area contributed by atoms with Crippen molar-refractivity contribution < 1.29 is 36.2 Å². The van der Waals surface area contributed by atoms with Gasteiger partial charge in [-0.25, -0.2) is 17.8 Å². The largest absolute Gasteiger partial charge is 0.434 e. The van der Waals surface area contributed by atoms with Crippen LogP contribution in [-0.2, 0) is 14.6 Å². The molecule has 2 unspecified atom stereocenters. The highest BCUT2D eigenvalue weighted by atomic mass is 32.2. The third-order valence-corrected chi connectivity index (χ3v) is 6.90. The van der Waals surface area contributed by atoms with Crippen molar-refractivity contribution in [1.82, 2.24) is 9.38 Å². The first-order valence-electron chi connectivity index (χ1n) is 10.5. The summed E-state index contributed by atoms with van der Waals surface area (Å²) in [5, 5.41) is 10.5. The Labute approximate surface area is 198 Å². The molecule has 2 aromatic heterocycles. The van der Waals surface area contributed by atoms with Crippen LogP contribution in [0.25, 0.3) is 16.8 Å². The number of fused-ring (bicyclic) bond motifs is 3. The van der Waals surface area contributed by atoms with Gasteiger partial charge >= 0.3 is 6.61 Å². The predicted octanol–water partition coefficient (Wildman–Crippen LogP) is 4.30. The van der Waals surface area contributed by atoms with Crippen molar-refractivity contribution in [3.05, 3.63) is 83.6 Å². The number of alkyl halides is 2. The number of halogens is 3. The van der Waals surface area contributed by atoms with Crippen LogP contribution >= 0.6 is 0 Å². The fraction of sp³-hybridized carbons (Fsp3) is 0.208. The first-order chi connectivity index (χ1) is 16.6. The lowest BCUT2D eigenvalue weighted by molar-refractivity contribution is -0.0548. The van der Waals surface area contributed by atoms with Crippen LogP contribution < -0.4 is 4.74 Å². The summed E-state index contributed by atoms with van der Waals surface area (Å²) in [7, 11) is -3.43. The molecule has 7 nitrogen and oxygen atoms in total. The van der Waals surface area contributed by atoms with Crippen LogP contribution in [0.15, 0.2) is 65.7 Å². The molecule has 0 aliphatic carbocycles. The minimum absolute atomic E-state index is 0.0926. The number of benzene rings is 2. The number of imidazole rings is 1. The number of pyridine rings is 1. The van der Waals surface area contributed by atoms with Gasteiger partial charge < -0.3 is 14.6 Å². The lowest BCUT2D eigenvalue weighted by atomic mass is 9.99. The maximum atomic E-state index is 15.1. The van der Waals surface area contributed by atoms with Crippen LogP contribution in [0.5, 0.6) is 5.75 Å². The lowest BCUT2D eigenvalue weighted by Crippen LogP contribution is -2.23. The second kappa shape index (κ2) is 8.67. The number of ether oxygens (including phenoxy) is 2. The second-order valence-corrected chi connectivity index (χ2v) is 10.1. The molecular weight excluding hydrogens is 485 g/mol. The molecule has 0 spiro atoms. The van der Waals surface area contributed by atoms with Crippen molar-refractivity contribution in [3.8, 4) is 16.9 Å². The zero-order valence-electron chi connectivity index (χ0n) is 18.2. The van der Waals surface area contributed by atoms with Crippen molar-refractivity contribution in [1.29, 1.82) is 0 Å². The molecule has 35 heavy (non-hydrogen) atoms. The summed E-state index contributed by atoms with van der Waals surface area (Å²) < 4.78 is 76.6. The third-order valence-electron chi connectivity index (χ3n) is 5.77. The van der Waals surface area contributed by atoms with Gasteiger partial charge in [0.15, 0.2) is 9.84 Å². The Morgan fingerprint density at radius 1 is 1.17 bits per heavy atom. The van der Waals surface area contributed by atoms with Crippen molar-refractivity contribution in [2.45, 2.75) is 23.7 Å². The molecule has 182 valence electrons. The summed E-state index contributed by atoms with van der Waals surface area (Å²) in [5.41, 5.74) is 1.62. The highest BCUT2D eigenvalue weighted by Crippen LogP contribution is 2.41. The zero-order valence-corrected chi connectivity index (χ0v) is 19.0. The van der Waals surface area contributed by atoms with Crippen molar-refractivity contribution in [3.63, 3.8) is 0 Å². The van der Waals surface area contributed by atoms with E-state index in [1.165, 1.54) is 47.0 Å². The average molecular weight is 504 g/mol. The molecule has 2 atom stereocenters. The number of aliphatic hydroxyl groups is 1. The predicted molar refractivity (Wildman–Crippen MR) is 120 cm³/mol. The fourth-order valence-corrected chi connectivity index (χ4v) is 4.81. The van der Waals surface area contributed by atoms with E-state index in [9.17, 15) is 22.3 Å². The van der Waals surface area contributed by atoms with Gasteiger partial charge in [0.2, 0.25) is 0 Å². The first-order valence-corrected chi connectivity index (χ1v) is 12.4. The van der Waals surface area contributed by atoms with Crippen molar-refractivity contribution in [2.24, 2.45) is 0 Å². The minimum atomic E-state index is -3.43. The number of hydrogen-bond acceptors (Lipinski definition) is 6. The Morgan fingerprint density at radius 3 is 2.57 bits per heavy atom. The first kappa shape index (κ1) is 23.3. The van der Waals surface area contributed by atoms with E-state index in [0.29, 0.717) is 16.8 Å². The van der Waals surface area contributed by atoms with Crippen LogP contribution in [0.3, 0.4) is 0 Å². The number of nitrogens with zero attached hydrogens (tertiary/aromatic N) is 2. The quantitative estimate of drug-likeness (QED) is 0.436. The maximum Gasteiger partial charge on any atom is 0.387 e. The van der Waals surface area contributed by atoms with Gasteiger partial charge in [0.05, 0.1) is 22.9 Å². The highest BCUT2D eigenvalue weighted by molar-refractivity contribution is 7.90. The zero-order chi connectivity index (χ0) is 24.9. The molecule has 0 bridgehead atoms. The monoisotopic (exact) mass is 504 g/mol. The molecule has 0 saturated carbocycles. The minimum Gasteiger partial charge on any atom is -0.434 e. The molecule has 5 rings (SSSR count). The van der Waals surface area contributed by atoms with E-state index in [-0.39, 0.29) is 34.2 Å². The number of aromatic nitrogens is 2. The Bertz CT molecular complexity index is 1520. The van der Waals surface area contributed by atoms with E-state index in [0.717, 1.165) is 6.26 Å². The van der Waals surface area contributed by atoms with E-state index >= 15 is 4.39 Å². The summed E-state index contributed by atoms with van der Waals surface area (Å²) in [4.78, 5) is 4.46. The standard InChI is InChI=1S/C24H19F3N2O5S/c1-35(31,32)14-8-6-13(7-9-14)16-11-29-20(10-17(16)25)28-21-18(30)12-33-23(22(21)29)15-4-2-3-5-19(15)34-24(26)27/h2-11,18,23-24,30H,12H2,1H3. The van der Waals surface area contributed by atoms with Crippen LogP contribution in [0.2, 0.25) is 0 Å². The molecule has 0 fully saturated rings. The molecule has 2 aromatic carbocycles. The third kappa shape index (κ3) is 4.26. The molecule has 1 aliphatic heterocycles. The van der Waals surface area contributed by atoms with E-state index in [2.05, 4.69) is 9.72 Å². The number of aliphatic hydroxyl groups excluding tert-OH is 1. The van der Waals surface area contributed by atoms with E-state index in [1.54, 1.807) is 18.2 Å². The van der Waals surface area contributed by atoms with Gasteiger partial charge in [-0.3, -0.25) is 4.40 Å². The fourth-order valence-electron chi connectivity index (χ4n) is 4.18. The van der Waals surface area contributed by atoms with Crippen molar-refractivity contribution >= 4 is 15.5 Å². The second-order valence-electron chi connectivity index (χ2n) is 8.09. The van der Waals surface area contributed by atoms with E-state index in [4.69, 9.17) is 4.74 Å². The van der Waals surface area contributed by atoms with Gasteiger partial charge in [0, 0.05) is 29.6 Å². The SMILES string of the molecule is CS(=O)(=O)c1ccc(-c2cn3c4c(nc3cc2F)C(O)COC4c2ccccc2OC(F)F)cc1.